The summed E-state index contributed by atoms with van der Waals surface area (Å²) < 4.78 is 35.8. The molecular formula is C11H9FN2O2S. The van der Waals surface area contributed by atoms with Crippen LogP contribution in [-0.2, 0) is 10.0 Å². The number of benzene rings is 1. The number of hydrogen-bond acceptors (Lipinski definition) is 3. The van der Waals surface area contributed by atoms with E-state index in [2.05, 4.69) is 4.98 Å². The maximum absolute atomic E-state index is 13.0. The standard InChI is InChI=1S/C11H9FN2O2S/c12-9-5-8(6-14-7-9)10-3-1-2-4-11(10)17(13,15)16/h1-7H,(H2,13,15,16). The largest absolute Gasteiger partial charge is 0.261 e. The molecule has 0 atom stereocenters. The first kappa shape index (κ1) is 11.7. The first-order chi connectivity index (χ1) is 7.98. The first-order valence-corrected chi connectivity index (χ1v) is 6.26. The van der Waals surface area contributed by atoms with Crippen LogP contribution in [0.15, 0.2) is 47.6 Å². The average molecular weight is 252 g/mol. The molecule has 0 amide bonds. The van der Waals surface area contributed by atoms with Crippen molar-refractivity contribution in [3.8, 4) is 11.1 Å². The van der Waals surface area contributed by atoms with Gasteiger partial charge in [0.25, 0.3) is 0 Å². The molecule has 0 fully saturated rings. The summed E-state index contributed by atoms with van der Waals surface area (Å²) in [6.45, 7) is 0. The molecule has 17 heavy (non-hydrogen) atoms. The third kappa shape index (κ3) is 2.48. The molecule has 1 aromatic heterocycles. The van der Waals surface area contributed by atoms with E-state index in [9.17, 15) is 12.8 Å². The minimum atomic E-state index is -3.84. The van der Waals surface area contributed by atoms with Gasteiger partial charge >= 0.3 is 0 Å². The van der Waals surface area contributed by atoms with Crippen LogP contribution in [-0.4, -0.2) is 13.4 Å². The second-order valence-corrected chi connectivity index (χ2v) is 4.96. The Morgan fingerprint density at radius 3 is 2.53 bits per heavy atom. The number of nitrogens with two attached hydrogens (primary N) is 1. The predicted molar refractivity (Wildman–Crippen MR) is 61.0 cm³/mol. The highest BCUT2D eigenvalue weighted by molar-refractivity contribution is 7.89. The van der Waals surface area contributed by atoms with Crippen LogP contribution in [0.4, 0.5) is 4.39 Å². The fourth-order valence-corrected chi connectivity index (χ4v) is 2.27. The van der Waals surface area contributed by atoms with Crippen molar-refractivity contribution in [2.75, 3.05) is 0 Å². The number of pyridine rings is 1. The van der Waals surface area contributed by atoms with Gasteiger partial charge in [0.15, 0.2) is 0 Å². The third-order valence-electron chi connectivity index (χ3n) is 2.21. The topological polar surface area (TPSA) is 73.1 Å². The zero-order valence-electron chi connectivity index (χ0n) is 8.67. The fraction of sp³-hybridized carbons (Fsp3) is 0. The molecule has 0 saturated carbocycles. The Labute approximate surface area is 98.0 Å². The lowest BCUT2D eigenvalue weighted by molar-refractivity contribution is 0.598. The van der Waals surface area contributed by atoms with Gasteiger partial charge < -0.3 is 0 Å². The molecule has 2 N–H and O–H groups in total. The van der Waals surface area contributed by atoms with Crippen molar-refractivity contribution in [2.45, 2.75) is 4.90 Å². The number of rotatable bonds is 2. The van der Waals surface area contributed by atoms with Gasteiger partial charge in [0.1, 0.15) is 5.82 Å². The van der Waals surface area contributed by atoms with Crippen molar-refractivity contribution in [1.29, 1.82) is 0 Å². The molecule has 2 rings (SSSR count). The summed E-state index contributed by atoms with van der Waals surface area (Å²) in [6.07, 6.45) is 2.43. The van der Waals surface area contributed by atoms with E-state index >= 15 is 0 Å². The lowest BCUT2D eigenvalue weighted by atomic mass is 10.1. The van der Waals surface area contributed by atoms with Crippen LogP contribution in [0.2, 0.25) is 0 Å². The lowest BCUT2D eigenvalue weighted by Gasteiger charge is -2.07. The highest BCUT2D eigenvalue weighted by Gasteiger charge is 2.14. The van der Waals surface area contributed by atoms with Crippen molar-refractivity contribution in [3.63, 3.8) is 0 Å². The van der Waals surface area contributed by atoms with Crippen LogP contribution in [0, 0.1) is 5.82 Å². The maximum atomic E-state index is 13.0. The SMILES string of the molecule is NS(=O)(=O)c1ccccc1-c1cncc(F)c1. The Bertz CT molecular complexity index is 656. The molecular weight excluding hydrogens is 243 g/mol. The van der Waals surface area contributed by atoms with Crippen molar-refractivity contribution >= 4 is 10.0 Å². The molecule has 0 bridgehead atoms. The molecule has 0 unspecified atom stereocenters. The highest BCUT2D eigenvalue weighted by Crippen LogP contribution is 2.25. The van der Waals surface area contributed by atoms with Gasteiger partial charge in [0.2, 0.25) is 10.0 Å². The summed E-state index contributed by atoms with van der Waals surface area (Å²) in [5, 5.41) is 5.09. The molecule has 0 radical (unpaired) electrons. The molecule has 0 aliphatic rings. The van der Waals surface area contributed by atoms with Gasteiger partial charge in [-0.1, -0.05) is 18.2 Å². The maximum Gasteiger partial charge on any atom is 0.238 e. The third-order valence-corrected chi connectivity index (χ3v) is 3.18. The average Bonchev–Trinajstić information content (AvgIpc) is 2.28. The molecule has 1 heterocycles. The second-order valence-electron chi connectivity index (χ2n) is 3.43. The van der Waals surface area contributed by atoms with E-state index in [1.807, 2.05) is 0 Å². The van der Waals surface area contributed by atoms with Crippen LogP contribution in [0.3, 0.4) is 0 Å². The summed E-state index contributed by atoms with van der Waals surface area (Å²) in [7, 11) is -3.84. The number of halogens is 1. The molecule has 0 saturated heterocycles. The summed E-state index contributed by atoms with van der Waals surface area (Å²) in [5.74, 6) is -0.535. The zero-order valence-corrected chi connectivity index (χ0v) is 9.49. The van der Waals surface area contributed by atoms with E-state index in [0.717, 1.165) is 6.20 Å². The Kier molecular flexibility index (Phi) is 2.91. The number of sulfonamides is 1. The van der Waals surface area contributed by atoms with Crippen LogP contribution >= 0.6 is 0 Å². The summed E-state index contributed by atoms with van der Waals surface area (Å²) in [5.41, 5.74) is 0.705. The number of aromatic nitrogens is 1. The summed E-state index contributed by atoms with van der Waals surface area (Å²) in [6, 6.07) is 7.33. The normalized spacial score (nSPS) is 11.4. The minimum Gasteiger partial charge on any atom is -0.261 e. The van der Waals surface area contributed by atoms with Gasteiger partial charge in [0, 0.05) is 17.3 Å². The first-order valence-electron chi connectivity index (χ1n) is 4.71. The number of nitrogens with zero attached hydrogens (tertiary/aromatic N) is 1. The monoisotopic (exact) mass is 252 g/mol. The molecule has 2 aromatic rings. The molecule has 4 nitrogen and oxygen atoms in total. The molecule has 0 spiro atoms. The van der Waals surface area contributed by atoms with Gasteiger partial charge in [-0.2, -0.15) is 0 Å². The van der Waals surface area contributed by atoms with Crippen LogP contribution in [0.1, 0.15) is 0 Å². The zero-order chi connectivity index (χ0) is 12.5. The van der Waals surface area contributed by atoms with E-state index < -0.39 is 15.8 Å². The smallest absolute Gasteiger partial charge is 0.238 e. The van der Waals surface area contributed by atoms with Crippen LogP contribution < -0.4 is 5.14 Å². The van der Waals surface area contributed by atoms with Crippen molar-refractivity contribution in [3.05, 3.63) is 48.5 Å². The van der Waals surface area contributed by atoms with E-state index in [1.54, 1.807) is 18.2 Å². The van der Waals surface area contributed by atoms with E-state index in [-0.39, 0.29) is 4.90 Å². The Balaban J connectivity index is 2.69. The van der Waals surface area contributed by atoms with Gasteiger partial charge in [-0.05, 0) is 12.1 Å². The van der Waals surface area contributed by atoms with Gasteiger partial charge in [-0.25, -0.2) is 17.9 Å². The molecule has 0 aliphatic heterocycles. The van der Waals surface area contributed by atoms with E-state index in [0.29, 0.717) is 11.1 Å². The van der Waals surface area contributed by atoms with Crippen LogP contribution in [0.25, 0.3) is 11.1 Å². The predicted octanol–water partition coefficient (Wildman–Crippen LogP) is 1.54. The van der Waals surface area contributed by atoms with E-state index in [4.69, 9.17) is 5.14 Å². The second kappa shape index (κ2) is 4.23. The fourth-order valence-electron chi connectivity index (χ4n) is 1.51. The highest BCUT2D eigenvalue weighted by atomic mass is 32.2. The summed E-state index contributed by atoms with van der Waals surface area (Å²) in [4.78, 5) is 3.62. The molecule has 88 valence electrons. The summed E-state index contributed by atoms with van der Waals surface area (Å²) >= 11 is 0. The Hall–Kier alpha value is -1.79. The molecule has 6 heteroatoms. The lowest BCUT2D eigenvalue weighted by Crippen LogP contribution is -2.13. The molecule has 0 aliphatic carbocycles. The van der Waals surface area contributed by atoms with Crippen LogP contribution in [0.5, 0.6) is 0 Å². The van der Waals surface area contributed by atoms with Gasteiger partial charge in [0.05, 0.1) is 11.1 Å². The van der Waals surface area contributed by atoms with Gasteiger partial charge in [-0.15, -0.1) is 0 Å². The van der Waals surface area contributed by atoms with Crippen molar-refractivity contribution < 1.29 is 12.8 Å². The Morgan fingerprint density at radius 1 is 1.18 bits per heavy atom. The number of primary sulfonamides is 1. The van der Waals surface area contributed by atoms with Crippen molar-refractivity contribution in [2.24, 2.45) is 5.14 Å². The quantitative estimate of drug-likeness (QED) is 0.881. The Morgan fingerprint density at radius 2 is 1.88 bits per heavy atom. The van der Waals surface area contributed by atoms with E-state index in [1.165, 1.54) is 18.3 Å². The van der Waals surface area contributed by atoms with Crippen molar-refractivity contribution in [1.82, 2.24) is 4.98 Å². The number of hydrogen-bond donors (Lipinski definition) is 1. The minimum absolute atomic E-state index is 0.0487. The molecule has 1 aromatic carbocycles. The van der Waals surface area contributed by atoms with Gasteiger partial charge in [-0.3, -0.25) is 4.98 Å².